The summed E-state index contributed by atoms with van der Waals surface area (Å²) in [5.74, 6) is 0.529. The highest BCUT2D eigenvalue weighted by molar-refractivity contribution is 8.04. The normalized spacial score (nSPS) is 20.6. The zero-order valence-corrected chi connectivity index (χ0v) is 20.3. The molecule has 1 aliphatic carbocycles. The predicted octanol–water partition coefficient (Wildman–Crippen LogP) is 5.87. The van der Waals surface area contributed by atoms with Crippen LogP contribution in [0.2, 0.25) is 0 Å². The number of nitrogens with one attached hydrogen (secondary N) is 1. The van der Waals surface area contributed by atoms with E-state index in [1.54, 1.807) is 11.8 Å². The van der Waals surface area contributed by atoms with Gasteiger partial charge in [-0.1, -0.05) is 34.6 Å². The molecule has 2 aliphatic rings. The molecular formula is C25H34N2O3S. The van der Waals surface area contributed by atoms with Crippen LogP contribution in [0.1, 0.15) is 71.2 Å². The van der Waals surface area contributed by atoms with Crippen molar-refractivity contribution in [2.75, 3.05) is 17.7 Å². The Balaban J connectivity index is 1.81. The number of carbonyl (C=O) groups excluding carboxylic acids is 2. The molecule has 1 N–H and O–H groups in total. The van der Waals surface area contributed by atoms with Gasteiger partial charge in [-0.2, -0.15) is 0 Å². The molecule has 0 radical (unpaired) electrons. The number of allylic oxidation sites excluding steroid dienone is 2. The van der Waals surface area contributed by atoms with Crippen molar-refractivity contribution < 1.29 is 14.3 Å². The summed E-state index contributed by atoms with van der Waals surface area (Å²) in [6.45, 7) is 12.9. The molecule has 1 aromatic carbocycles. The molecule has 0 amide bonds. The number of benzene rings is 1. The first-order valence-electron chi connectivity index (χ1n) is 11.0. The molecule has 0 bridgehead atoms. The Labute approximate surface area is 190 Å². The van der Waals surface area contributed by atoms with Gasteiger partial charge in [-0.05, 0) is 54.9 Å². The quantitative estimate of drug-likeness (QED) is 0.441. The standard InChI is InChI=1S/C25H34N2O3S/c1-7-30-23(29)20-15-31-22-18(12-25(5,6)13-19(22)27-20)26-17-10-8-16(9-11-17)21(28)14-24(2,3)4/h8-11,20,26H,7,12-15H2,1-6H3. The van der Waals surface area contributed by atoms with Crippen LogP contribution in [-0.2, 0) is 9.53 Å². The first kappa shape index (κ1) is 23.6. The lowest BCUT2D eigenvalue weighted by Gasteiger charge is -2.36. The fourth-order valence-corrected chi connectivity index (χ4v) is 5.07. The van der Waals surface area contributed by atoms with Gasteiger partial charge in [-0.3, -0.25) is 9.79 Å². The molecule has 3 rings (SSSR count). The molecule has 1 atom stereocenters. The number of hydrogen-bond donors (Lipinski definition) is 1. The SMILES string of the molecule is CCOC(=O)C1CSC2=C(Nc3ccc(C(=O)CC(C)(C)C)cc3)CC(C)(C)CC2=N1. The maximum absolute atomic E-state index is 12.5. The van der Waals surface area contributed by atoms with Gasteiger partial charge >= 0.3 is 5.97 Å². The monoisotopic (exact) mass is 442 g/mol. The number of nitrogens with zero attached hydrogens (tertiary/aromatic N) is 1. The second-order valence-corrected chi connectivity index (χ2v) is 11.4. The van der Waals surface area contributed by atoms with Crippen LogP contribution in [0.3, 0.4) is 0 Å². The lowest BCUT2D eigenvalue weighted by Crippen LogP contribution is -2.34. The highest BCUT2D eigenvalue weighted by atomic mass is 32.2. The van der Waals surface area contributed by atoms with E-state index in [9.17, 15) is 9.59 Å². The second-order valence-electron chi connectivity index (χ2n) is 10.3. The number of ketones is 1. The van der Waals surface area contributed by atoms with Crippen molar-refractivity contribution in [3.05, 3.63) is 40.4 Å². The number of Topliss-reactive ketones (excluding diaryl/α,β-unsaturated/α-hetero) is 1. The van der Waals surface area contributed by atoms with E-state index in [1.165, 1.54) is 0 Å². The van der Waals surface area contributed by atoms with Gasteiger partial charge in [-0.15, -0.1) is 11.8 Å². The van der Waals surface area contributed by atoms with Gasteiger partial charge in [-0.25, -0.2) is 4.79 Å². The number of hydrogen-bond acceptors (Lipinski definition) is 6. The number of thioether (sulfide) groups is 1. The van der Waals surface area contributed by atoms with Crippen LogP contribution in [0, 0.1) is 10.8 Å². The number of fused-ring (bicyclic) bond motifs is 1. The van der Waals surface area contributed by atoms with E-state index in [1.807, 2.05) is 31.2 Å². The molecule has 0 saturated carbocycles. The van der Waals surface area contributed by atoms with Crippen molar-refractivity contribution in [1.82, 2.24) is 0 Å². The topological polar surface area (TPSA) is 67.8 Å². The van der Waals surface area contributed by atoms with Gasteiger partial charge in [0.25, 0.3) is 0 Å². The van der Waals surface area contributed by atoms with E-state index >= 15 is 0 Å². The number of anilines is 1. The third-order valence-electron chi connectivity index (χ3n) is 5.29. The van der Waals surface area contributed by atoms with Crippen molar-refractivity contribution >= 4 is 34.9 Å². The highest BCUT2D eigenvalue weighted by Crippen LogP contribution is 2.43. The third kappa shape index (κ3) is 6.22. The minimum Gasteiger partial charge on any atom is -0.464 e. The minimum absolute atomic E-state index is 0.0243. The van der Waals surface area contributed by atoms with Crippen LogP contribution >= 0.6 is 11.8 Å². The van der Waals surface area contributed by atoms with Crippen LogP contribution in [0.5, 0.6) is 0 Å². The first-order valence-corrected chi connectivity index (χ1v) is 12.0. The smallest absolute Gasteiger partial charge is 0.331 e. The summed E-state index contributed by atoms with van der Waals surface area (Å²) in [4.78, 5) is 30.6. The molecule has 1 heterocycles. The maximum Gasteiger partial charge on any atom is 0.331 e. The van der Waals surface area contributed by atoms with Gasteiger partial charge in [0.15, 0.2) is 11.8 Å². The summed E-state index contributed by atoms with van der Waals surface area (Å²) in [5, 5.41) is 3.57. The average molecular weight is 443 g/mol. The van der Waals surface area contributed by atoms with E-state index in [0.29, 0.717) is 18.8 Å². The van der Waals surface area contributed by atoms with Crippen molar-refractivity contribution in [2.24, 2.45) is 15.8 Å². The first-order chi connectivity index (χ1) is 14.5. The Morgan fingerprint density at radius 1 is 1.19 bits per heavy atom. The number of ether oxygens (including phenoxy) is 1. The molecule has 0 spiro atoms. The summed E-state index contributed by atoms with van der Waals surface area (Å²) in [6, 6.07) is 7.31. The Bertz CT molecular complexity index is 908. The predicted molar refractivity (Wildman–Crippen MR) is 129 cm³/mol. The zero-order valence-electron chi connectivity index (χ0n) is 19.5. The van der Waals surface area contributed by atoms with Crippen LogP contribution in [0.25, 0.3) is 0 Å². The van der Waals surface area contributed by atoms with E-state index in [2.05, 4.69) is 39.9 Å². The molecule has 1 unspecified atom stereocenters. The zero-order chi connectivity index (χ0) is 22.8. The Hall–Kier alpha value is -2.08. The summed E-state index contributed by atoms with van der Waals surface area (Å²) >= 11 is 1.68. The van der Waals surface area contributed by atoms with Crippen LogP contribution in [-0.4, -0.2) is 35.9 Å². The van der Waals surface area contributed by atoms with Crippen molar-refractivity contribution in [1.29, 1.82) is 0 Å². The molecule has 168 valence electrons. The van der Waals surface area contributed by atoms with Gasteiger partial charge in [0, 0.05) is 34.0 Å². The highest BCUT2D eigenvalue weighted by Gasteiger charge is 2.36. The second kappa shape index (κ2) is 9.19. The summed E-state index contributed by atoms with van der Waals surface area (Å²) in [7, 11) is 0. The molecular weight excluding hydrogens is 408 g/mol. The molecule has 31 heavy (non-hydrogen) atoms. The van der Waals surface area contributed by atoms with E-state index in [0.717, 1.165) is 40.4 Å². The van der Waals surface area contributed by atoms with Crippen molar-refractivity contribution in [3.8, 4) is 0 Å². The summed E-state index contributed by atoms with van der Waals surface area (Å²) in [5.41, 5.74) is 3.85. The fourth-order valence-electron chi connectivity index (χ4n) is 3.95. The molecule has 0 aromatic heterocycles. The number of esters is 1. The van der Waals surface area contributed by atoms with E-state index in [-0.39, 0.29) is 22.6 Å². The van der Waals surface area contributed by atoms with Crippen LogP contribution in [0.15, 0.2) is 39.9 Å². The fraction of sp³-hybridized carbons (Fsp3) is 0.560. The van der Waals surface area contributed by atoms with Gasteiger partial charge in [0.1, 0.15) is 0 Å². The van der Waals surface area contributed by atoms with Gasteiger partial charge in [0.05, 0.1) is 12.3 Å². The summed E-state index contributed by atoms with van der Waals surface area (Å²) in [6.07, 6.45) is 2.28. The molecule has 0 saturated heterocycles. The van der Waals surface area contributed by atoms with E-state index in [4.69, 9.17) is 9.73 Å². The molecule has 5 nitrogen and oxygen atoms in total. The largest absolute Gasteiger partial charge is 0.464 e. The molecule has 1 aromatic rings. The lowest BCUT2D eigenvalue weighted by molar-refractivity contribution is -0.143. The van der Waals surface area contributed by atoms with E-state index < -0.39 is 6.04 Å². The Kier molecular flexibility index (Phi) is 6.99. The molecule has 6 heteroatoms. The summed E-state index contributed by atoms with van der Waals surface area (Å²) < 4.78 is 5.18. The van der Waals surface area contributed by atoms with Crippen LogP contribution in [0.4, 0.5) is 5.69 Å². The van der Waals surface area contributed by atoms with Crippen molar-refractivity contribution in [3.63, 3.8) is 0 Å². The lowest BCUT2D eigenvalue weighted by atomic mass is 9.78. The number of carbonyl (C=O) groups is 2. The molecule has 0 fully saturated rings. The molecule has 1 aliphatic heterocycles. The van der Waals surface area contributed by atoms with Crippen LogP contribution < -0.4 is 5.32 Å². The average Bonchev–Trinajstić information content (AvgIpc) is 2.66. The van der Waals surface area contributed by atoms with Crippen molar-refractivity contribution in [2.45, 2.75) is 66.8 Å². The van der Waals surface area contributed by atoms with Gasteiger partial charge < -0.3 is 10.1 Å². The Morgan fingerprint density at radius 2 is 1.87 bits per heavy atom. The van der Waals surface area contributed by atoms with Gasteiger partial charge in [0.2, 0.25) is 0 Å². The Morgan fingerprint density at radius 3 is 2.48 bits per heavy atom. The number of rotatable bonds is 6. The maximum atomic E-state index is 12.5. The minimum atomic E-state index is -0.424. The third-order valence-corrected chi connectivity index (χ3v) is 6.54. The number of aliphatic imine (C=N–C) groups is 1.